The predicted octanol–water partition coefficient (Wildman–Crippen LogP) is 6.02. The smallest absolute Gasteiger partial charge is 0.158 e. The van der Waals surface area contributed by atoms with Crippen LogP contribution in [-0.2, 0) is 4.79 Å². The summed E-state index contributed by atoms with van der Waals surface area (Å²) >= 11 is 1.91. The summed E-state index contributed by atoms with van der Waals surface area (Å²) < 4.78 is 3.21. The number of hydrogen-bond donors (Lipinski definition) is 1. The quantitative estimate of drug-likeness (QED) is 0.434. The Hall–Kier alpha value is -2.18. The molecular weight excluding hydrogens is 404 g/mol. The molecule has 1 fully saturated rings. The minimum absolute atomic E-state index is 0. The van der Waals surface area contributed by atoms with E-state index in [1.165, 1.54) is 26.4 Å². The van der Waals surface area contributed by atoms with Crippen LogP contribution in [-0.4, -0.2) is 25.4 Å². The van der Waals surface area contributed by atoms with Gasteiger partial charge in [0.15, 0.2) is 5.65 Å². The molecule has 0 unspecified atom stereocenters. The summed E-state index contributed by atoms with van der Waals surface area (Å²) in [6.07, 6.45) is 7.11. The standard InChI is InChI=1S/C22H24N4OS.ClH/c1-12(2)19-20(15-8-13(3)22-23-11-24-26(22)10-15)25-17-9-18(28-21(17)19)14-4-6-16(27)7-5-14;/h8-12,14,25H,4-7H2,1-3H3;1H. The van der Waals surface area contributed by atoms with E-state index >= 15 is 0 Å². The highest BCUT2D eigenvalue weighted by atomic mass is 35.5. The molecule has 1 aliphatic rings. The summed E-state index contributed by atoms with van der Waals surface area (Å²) in [6.45, 7) is 6.59. The normalized spacial score (nSPS) is 15.5. The van der Waals surface area contributed by atoms with Crippen LogP contribution in [0.4, 0.5) is 0 Å². The number of hydrogen-bond acceptors (Lipinski definition) is 4. The van der Waals surface area contributed by atoms with Gasteiger partial charge in [0.1, 0.15) is 12.1 Å². The predicted molar refractivity (Wildman–Crippen MR) is 120 cm³/mol. The zero-order valence-electron chi connectivity index (χ0n) is 16.9. The van der Waals surface area contributed by atoms with E-state index in [0.717, 1.165) is 42.5 Å². The van der Waals surface area contributed by atoms with Crippen LogP contribution in [0.3, 0.4) is 0 Å². The lowest BCUT2D eigenvalue weighted by Gasteiger charge is -2.19. The minimum Gasteiger partial charge on any atom is -0.354 e. The van der Waals surface area contributed by atoms with Gasteiger partial charge in [-0.05, 0) is 54.9 Å². The number of aromatic amines is 1. The maximum absolute atomic E-state index is 11.6. The summed E-state index contributed by atoms with van der Waals surface area (Å²) in [4.78, 5) is 21.0. The first-order chi connectivity index (χ1) is 13.5. The molecule has 0 atom stereocenters. The number of ketones is 1. The molecule has 5 rings (SSSR count). The largest absolute Gasteiger partial charge is 0.354 e. The zero-order valence-corrected chi connectivity index (χ0v) is 18.5. The van der Waals surface area contributed by atoms with Crippen LogP contribution < -0.4 is 0 Å². The van der Waals surface area contributed by atoms with Gasteiger partial charge in [-0.15, -0.1) is 23.7 Å². The van der Waals surface area contributed by atoms with Crippen molar-refractivity contribution in [3.8, 4) is 11.3 Å². The van der Waals surface area contributed by atoms with E-state index in [-0.39, 0.29) is 12.4 Å². The van der Waals surface area contributed by atoms with Gasteiger partial charge in [-0.3, -0.25) is 4.79 Å². The van der Waals surface area contributed by atoms with E-state index in [1.807, 2.05) is 15.9 Å². The third-order valence-electron chi connectivity index (χ3n) is 5.90. The Labute approximate surface area is 180 Å². The molecule has 0 aromatic carbocycles. The molecule has 0 spiro atoms. The average Bonchev–Trinajstić information content (AvgIpc) is 3.35. The fraction of sp³-hybridized carbons (Fsp3) is 0.409. The SMILES string of the molecule is Cc1cc(-c2[nH]c3cc(C4CCC(=O)CC4)sc3c2C(C)C)cn2ncnc12.Cl. The van der Waals surface area contributed by atoms with Crippen LogP contribution in [0, 0.1) is 6.92 Å². The number of thiophene rings is 1. The number of carbonyl (C=O) groups is 1. The third kappa shape index (κ3) is 3.38. The topological polar surface area (TPSA) is 63.0 Å². The zero-order chi connectivity index (χ0) is 19.4. The molecule has 4 heterocycles. The molecule has 5 nitrogen and oxygen atoms in total. The summed E-state index contributed by atoms with van der Waals surface area (Å²) in [6, 6.07) is 4.51. The van der Waals surface area contributed by atoms with Gasteiger partial charge in [0, 0.05) is 29.5 Å². The first-order valence-electron chi connectivity index (χ1n) is 9.98. The van der Waals surface area contributed by atoms with E-state index in [0.29, 0.717) is 17.6 Å². The molecule has 152 valence electrons. The third-order valence-corrected chi connectivity index (χ3v) is 7.23. The first kappa shape index (κ1) is 20.1. The van der Waals surface area contributed by atoms with Gasteiger partial charge in [0.2, 0.25) is 0 Å². The maximum atomic E-state index is 11.6. The minimum atomic E-state index is 0. The fourth-order valence-electron chi connectivity index (χ4n) is 4.45. The van der Waals surface area contributed by atoms with Crippen LogP contribution in [0.25, 0.3) is 27.1 Å². The number of pyridine rings is 1. The average molecular weight is 429 g/mol. The number of Topliss-reactive ketones (excluding diaryl/α,β-unsaturated/α-hetero) is 1. The van der Waals surface area contributed by atoms with Crippen molar-refractivity contribution in [2.75, 3.05) is 0 Å². The Bertz CT molecular complexity index is 1190. The van der Waals surface area contributed by atoms with Crippen LogP contribution in [0.1, 0.15) is 67.4 Å². The fourth-order valence-corrected chi connectivity index (χ4v) is 5.94. The number of aromatic nitrogens is 4. The number of halogens is 1. The Morgan fingerprint density at radius 3 is 2.72 bits per heavy atom. The highest BCUT2D eigenvalue weighted by Crippen LogP contribution is 2.44. The van der Waals surface area contributed by atoms with Crippen molar-refractivity contribution < 1.29 is 4.79 Å². The van der Waals surface area contributed by atoms with Crippen molar-refractivity contribution in [1.82, 2.24) is 19.6 Å². The Morgan fingerprint density at radius 1 is 1.24 bits per heavy atom. The highest BCUT2D eigenvalue weighted by Gasteiger charge is 2.25. The summed E-state index contributed by atoms with van der Waals surface area (Å²) in [5, 5.41) is 4.33. The van der Waals surface area contributed by atoms with Crippen LogP contribution in [0.5, 0.6) is 0 Å². The second-order valence-electron chi connectivity index (χ2n) is 8.21. The van der Waals surface area contributed by atoms with Gasteiger partial charge < -0.3 is 4.98 Å². The van der Waals surface area contributed by atoms with Crippen LogP contribution in [0.2, 0.25) is 0 Å². The number of fused-ring (bicyclic) bond motifs is 2. The number of nitrogens with zero attached hydrogens (tertiary/aromatic N) is 3. The van der Waals surface area contributed by atoms with Crippen molar-refractivity contribution >= 4 is 45.4 Å². The number of H-pyrrole nitrogens is 1. The molecular formula is C22H25ClN4OS. The van der Waals surface area contributed by atoms with Gasteiger partial charge in [0.05, 0.1) is 15.9 Å². The van der Waals surface area contributed by atoms with Crippen molar-refractivity contribution in [3.05, 3.63) is 40.7 Å². The molecule has 1 saturated carbocycles. The Morgan fingerprint density at radius 2 is 2.00 bits per heavy atom. The van der Waals surface area contributed by atoms with E-state index < -0.39 is 0 Å². The molecule has 0 amide bonds. The van der Waals surface area contributed by atoms with E-state index in [9.17, 15) is 4.79 Å². The maximum Gasteiger partial charge on any atom is 0.158 e. The lowest BCUT2D eigenvalue weighted by atomic mass is 9.87. The van der Waals surface area contributed by atoms with Crippen molar-refractivity contribution in [1.29, 1.82) is 0 Å². The Balaban J connectivity index is 0.00000205. The monoisotopic (exact) mass is 428 g/mol. The van der Waals surface area contributed by atoms with E-state index in [4.69, 9.17) is 0 Å². The van der Waals surface area contributed by atoms with Crippen LogP contribution >= 0.6 is 23.7 Å². The molecule has 0 radical (unpaired) electrons. The number of nitrogens with one attached hydrogen (secondary N) is 1. The van der Waals surface area contributed by atoms with E-state index in [1.54, 1.807) is 6.33 Å². The van der Waals surface area contributed by atoms with Gasteiger partial charge in [-0.25, -0.2) is 9.50 Å². The number of rotatable bonds is 3. The molecule has 0 bridgehead atoms. The number of aryl methyl sites for hydroxylation is 1. The summed E-state index contributed by atoms with van der Waals surface area (Å²) in [7, 11) is 0. The van der Waals surface area contributed by atoms with Crippen molar-refractivity contribution in [2.45, 2.75) is 58.3 Å². The molecule has 1 N–H and O–H groups in total. The molecule has 4 aromatic rings. The lowest BCUT2D eigenvalue weighted by Crippen LogP contribution is -2.11. The van der Waals surface area contributed by atoms with Crippen LogP contribution in [0.15, 0.2) is 24.7 Å². The Kier molecular flexibility index (Phi) is 5.25. The van der Waals surface area contributed by atoms with Gasteiger partial charge in [0.25, 0.3) is 0 Å². The van der Waals surface area contributed by atoms with Crippen molar-refractivity contribution in [2.24, 2.45) is 0 Å². The van der Waals surface area contributed by atoms with Gasteiger partial charge in [-0.1, -0.05) is 13.8 Å². The number of carbonyl (C=O) groups excluding carboxylic acids is 1. The summed E-state index contributed by atoms with van der Waals surface area (Å²) in [5.74, 6) is 1.36. The molecule has 4 aromatic heterocycles. The summed E-state index contributed by atoms with van der Waals surface area (Å²) in [5.41, 5.74) is 6.94. The first-order valence-corrected chi connectivity index (χ1v) is 10.8. The van der Waals surface area contributed by atoms with E-state index in [2.05, 4.69) is 54.2 Å². The molecule has 1 aliphatic carbocycles. The molecule has 29 heavy (non-hydrogen) atoms. The van der Waals surface area contributed by atoms with Gasteiger partial charge >= 0.3 is 0 Å². The molecule has 7 heteroatoms. The lowest BCUT2D eigenvalue weighted by molar-refractivity contribution is -0.120. The van der Waals surface area contributed by atoms with Gasteiger partial charge in [-0.2, -0.15) is 5.10 Å². The molecule has 0 saturated heterocycles. The van der Waals surface area contributed by atoms with Crippen molar-refractivity contribution in [3.63, 3.8) is 0 Å². The molecule has 0 aliphatic heterocycles. The second kappa shape index (κ2) is 7.58. The highest BCUT2D eigenvalue weighted by molar-refractivity contribution is 7.19. The second-order valence-corrected chi connectivity index (χ2v) is 9.30.